The van der Waals surface area contributed by atoms with Gasteiger partial charge < -0.3 is 10.5 Å². The molecule has 0 aliphatic rings. The number of nitrogens with two attached hydrogens (primary N) is 1. The van der Waals surface area contributed by atoms with Crippen molar-refractivity contribution in [3.05, 3.63) is 29.8 Å². The van der Waals surface area contributed by atoms with Crippen LogP contribution in [0.25, 0.3) is 0 Å². The monoisotopic (exact) mass is 253 g/mol. The number of anilines is 1. The molecule has 2 N–H and O–H groups in total. The van der Waals surface area contributed by atoms with Crippen LogP contribution >= 0.6 is 11.5 Å². The number of rotatable bonds is 4. The highest BCUT2D eigenvalue weighted by Gasteiger charge is 2.11. The van der Waals surface area contributed by atoms with Gasteiger partial charge in [0.15, 0.2) is 11.6 Å². The number of ether oxygens (including phenoxy) is 1. The molecule has 2 rings (SSSR count). The Kier molecular flexibility index (Phi) is 3.53. The van der Waals surface area contributed by atoms with Crippen molar-refractivity contribution in [2.75, 3.05) is 5.73 Å². The minimum Gasteiger partial charge on any atom is -0.424 e. The van der Waals surface area contributed by atoms with E-state index in [1.54, 1.807) is 6.07 Å². The SMILES string of the molecule is CCCc1nsc(Oc2c(N)cccc2F)n1. The Balaban J connectivity index is 2.19. The molecule has 4 nitrogen and oxygen atoms in total. The van der Waals surface area contributed by atoms with Gasteiger partial charge in [0.05, 0.1) is 5.69 Å². The van der Waals surface area contributed by atoms with E-state index < -0.39 is 5.82 Å². The molecule has 0 bridgehead atoms. The highest BCUT2D eigenvalue weighted by molar-refractivity contribution is 7.07. The van der Waals surface area contributed by atoms with E-state index in [1.807, 2.05) is 6.92 Å². The first kappa shape index (κ1) is 11.8. The van der Waals surface area contributed by atoms with Crippen LogP contribution in [0.3, 0.4) is 0 Å². The first-order chi connectivity index (χ1) is 8.20. The molecule has 2 aromatic rings. The molecule has 1 heterocycles. The van der Waals surface area contributed by atoms with Gasteiger partial charge in [0, 0.05) is 18.0 Å². The first-order valence-corrected chi connectivity index (χ1v) is 6.02. The topological polar surface area (TPSA) is 61.0 Å². The van der Waals surface area contributed by atoms with Crippen LogP contribution in [0.15, 0.2) is 18.2 Å². The summed E-state index contributed by atoms with van der Waals surface area (Å²) in [6.45, 7) is 2.04. The molecular weight excluding hydrogens is 241 g/mol. The van der Waals surface area contributed by atoms with Gasteiger partial charge in [0.2, 0.25) is 0 Å². The summed E-state index contributed by atoms with van der Waals surface area (Å²) in [5.41, 5.74) is 5.87. The molecule has 0 saturated carbocycles. The van der Waals surface area contributed by atoms with E-state index in [4.69, 9.17) is 10.5 Å². The number of hydrogen-bond donors (Lipinski definition) is 1. The van der Waals surface area contributed by atoms with Crippen LogP contribution in [0.2, 0.25) is 0 Å². The molecule has 0 amide bonds. The van der Waals surface area contributed by atoms with Crippen molar-refractivity contribution >= 4 is 17.2 Å². The Morgan fingerprint density at radius 3 is 3.00 bits per heavy atom. The number of para-hydroxylation sites is 1. The predicted octanol–water partition coefficient (Wildman–Crippen LogP) is 3.00. The molecule has 0 unspecified atom stereocenters. The Bertz CT molecular complexity index is 495. The van der Waals surface area contributed by atoms with Gasteiger partial charge in [-0.25, -0.2) is 4.39 Å². The summed E-state index contributed by atoms with van der Waals surface area (Å²) < 4.78 is 22.9. The largest absolute Gasteiger partial charge is 0.424 e. The number of aryl methyl sites for hydroxylation is 1. The van der Waals surface area contributed by atoms with Gasteiger partial charge in [-0.1, -0.05) is 13.0 Å². The summed E-state index contributed by atoms with van der Waals surface area (Å²) >= 11 is 1.10. The van der Waals surface area contributed by atoms with E-state index in [0.717, 1.165) is 24.4 Å². The minimum atomic E-state index is -0.503. The third-order valence-corrected chi connectivity index (χ3v) is 2.74. The summed E-state index contributed by atoms with van der Waals surface area (Å²) in [4.78, 5) is 4.14. The molecule has 1 aromatic carbocycles. The van der Waals surface area contributed by atoms with Crippen LogP contribution in [-0.2, 0) is 6.42 Å². The second-order valence-corrected chi connectivity index (χ2v) is 4.20. The Labute approximate surface area is 102 Å². The van der Waals surface area contributed by atoms with Gasteiger partial charge in [-0.3, -0.25) is 0 Å². The van der Waals surface area contributed by atoms with Crippen LogP contribution in [-0.4, -0.2) is 9.36 Å². The zero-order valence-corrected chi connectivity index (χ0v) is 10.1. The van der Waals surface area contributed by atoms with Crippen molar-refractivity contribution in [2.45, 2.75) is 19.8 Å². The maximum absolute atomic E-state index is 13.4. The van der Waals surface area contributed by atoms with E-state index in [1.165, 1.54) is 12.1 Å². The average Bonchev–Trinajstić information content (AvgIpc) is 2.72. The van der Waals surface area contributed by atoms with Crippen molar-refractivity contribution < 1.29 is 9.13 Å². The lowest BCUT2D eigenvalue weighted by Crippen LogP contribution is -1.95. The number of hydrogen-bond acceptors (Lipinski definition) is 5. The number of nitrogens with zero attached hydrogens (tertiary/aromatic N) is 2. The van der Waals surface area contributed by atoms with Crippen molar-refractivity contribution in [1.82, 2.24) is 9.36 Å². The summed E-state index contributed by atoms with van der Waals surface area (Å²) in [5.74, 6) is 0.214. The molecule has 0 saturated heterocycles. The molecular formula is C11H12FN3OS. The molecule has 0 aliphatic heterocycles. The lowest BCUT2D eigenvalue weighted by Gasteiger charge is -2.05. The lowest BCUT2D eigenvalue weighted by atomic mass is 10.3. The van der Waals surface area contributed by atoms with Crippen molar-refractivity contribution in [2.24, 2.45) is 0 Å². The maximum Gasteiger partial charge on any atom is 0.298 e. The zero-order valence-electron chi connectivity index (χ0n) is 9.31. The van der Waals surface area contributed by atoms with E-state index in [2.05, 4.69) is 9.36 Å². The van der Waals surface area contributed by atoms with Gasteiger partial charge >= 0.3 is 0 Å². The molecule has 17 heavy (non-hydrogen) atoms. The van der Waals surface area contributed by atoms with Crippen LogP contribution < -0.4 is 10.5 Å². The zero-order chi connectivity index (χ0) is 12.3. The van der Waals surface area contributed by atoms with E-state index in [9.17, 15) is 4.39 Å². The third-order valence-electron chi connectivity index (χ3n) is 2.11. The molecule has 0 fully saturated rings. The number of benzene rings is 1. The Morgan fingerprint density at radius 2 is 2.29 bits per heavy atom. The maximum atomic E-state index is 13.4. The van der Waals surface area contributed by atoms with Gasteiger partial charge in [0.25, 0.3) is 5.19 Å². The molecule has 1 aromatic heterocycles. The molecule has 0 atom stereocenters. The van der Waals surface area contributed by atoms with Crippen LogP contribution in [0, 0.1) is 5.82 Å². The first-order valence-electron chi connectivity index (χ1n) is 5.25. The van der Waals surface area contributed by atoms with Crippen molar-refractivity contribution in [3.63, 3.8) is 0 Å². The smallest absolute Gasteiger partial charge is 0.298 e. The van der Waals surface area contributed by atoms with Gasteiger partial charge in [-0.2, -0.15) is 9.36 Å². The standard InChI is InChI=1S/C11H12FN3OS/c1-2-4-9-14-11(17-15-9)16-10-7(12)5-3-6-8(10)13/h3,5-6H,2,4,13H2,1H3. The summed E-state index contributed by atoms with van der Waals surface area (Å²) in [6, 6.07) is 4.40. The second kappa shape index (κ2) is 5.09. The van der Waals surface area contributed by atoms with Crippen molar-refractivity contribution in [3.8, 4) is 10.9 Å². The van der Waals surface area contributed by atoms with Crippen LogP contribution in [0.1, 0.15) is 19.2 Å². The summed E-state index contributed by atoms with van der Waals surface area (Å²) in [5, 5.41) is 0.310. The van der Waals surface area contributed by atoms with E-state index >= 15 is 0 Å². The van der Waals surface area contributed by atoms with E-state index in [0.29, 0.717) is 11.0 Å². The van der Waals surface area contributed by atoms with Crippen LogP contribution in [0.4, 0.5) is 10.1 Å². The number of halogens is 1. The highest BCUT2D eigenvalue weighted by atomic mass is 32.1. The van der Waals surface area contributed by atoms with Crippen LogP contribution in [0.5, 0.6) is 10.9 Å². The van der Waals surface area contributed by atoms with Gasteiger partial charge in [-0.15, -0.1) is 0 Å². The molecule has 90 valence electrons. The average molecular weight is 253 g/mol. The molecule has 0 radical (unpaired) electrons. The highest BCUT2D eigenvalue weighted by Crippen LogP contribution is 2.30. The predicted molar refractivity (Wildman–Crippen MR) is 64.8 cm³/mol. The van der Waals surface area contributed by atoms with Crippen molar-refractivity contribution in [1.29, 1.82) is 0 Å². The van der Waals surface area contributed by atoms with Gasteiger partial charge in [0.1, 0.15) is 5.82 Å². The fourth-order valence-electron chi connectivity index (χ4n) is 1.33. The minimum absolute atomic E-state index is 0.00620. The van der Waals surface area contributed by atoms with Gasteiger partial charge in [-0.05, 0) is 18.6 Å². The second-order valence-electron chi connectivity index (χ2n) is 3.49. The number of nitrogen functional groups attached to an aromatic ring is 1. The molecule has 6 heteroatoms. The fraction of sp³-hybridized carbons (Fsp3) is 0.273. The summed E-state index contributed by atoms with van der Waals surface area (Å²) in [6.07, 6.45) is 1.74. The molecule has 0 aliphatic carbocycles. The number of aromatic nitrogens is 2. The normalized spacial score (nSPS) is 10.5. The fourth-order valence-corrected chi connectivity index (χ4v) is 1.91. The van der Waals surface area contributed by atoms with E-state index in [-0.39, 0.29) is 11.4 Å². The third kappa shape index (κ3) is 2.71. The quantitative estimate of drug-likeness (QED) is 0.851. The Morgan fingerprint density at radius 1 is 1.47 bits per heavy atom. The summed E-state index contributed by atoms with van der Waals surface area (Å²) in [7, 11) is 0. The molecule has 0 spiro atoms. The lowest BCUT2D eigenvalue weighted by molar-refractivity contribution is 0.441. The Hall–Kier alpha value is -1.69.